The molecule has 0 spiro atoms. The zero-order valence-corrected chi connectivity index (χ0v) is 15.5. The fourth-order valence-electron chi connectivity index (χ4n) is 3.46. The summed E-state index contributed by atoms with van der Waals surface area (Å²) in [5, 5.41) is 1.37. The van der Waals surface area contributed by atoms with Gasteiger partial charge in [0.25, 0.3) is 0 Å². The molecule has 2 atom stereocenters. The molecule has 1 unspecified atom stereocenters. The number of halogens is 3. The van der Waals surface area contributed by atoms with Crippen LogP contribution >= 0.6 is 35.6 Å². The fraction of sp³-hybridized carbons (Fsp3) is 0.647. The van der Waals surface area contributed by atoms with E-state index in [-0.39, 0.29) is 18.5 Å². The van der Waals surface area contributed by atoms with Gasteiger partial charge < -0.3 is 9.47 Å². The van der Waals surface area contributed by atoms with E-state index in [1.807, 2.05) is 18.2 Å². The van der Waals surface area contributed by atoms with E-state index in [9.17, 15) is 0 Å². The van der Waals surface area contributed by atoms with Crippen molar-refractivity contribution < 1.29 is 9.47 Å². The number of hydrogen-bond donors (Lipinski definition) is 0. The Morgan fingerprint density at radius 1 is 1.09 bits per heavy atom. The summed E-state index contributed by atoms with van der Waals surface area (Å²) in [5.74, 6) is 0. The SMILES string of the molecule is Cl.Clc1cccc(Cl)c1COC1CCCC[C@H]1N1CCOCC1. The van der Waals surface area contributed by atoms with Crippen LogP contribution in [0.3, 0.4) is 0 Å². The number of morpholine rings is 1. The van der Waals surface area contributed by atoms with E-state index in [2.05, 4.69) is 4.90 Å². The molecule has 2 fully saturated rings. The minimum absolute atomic E-state index is 0. The van der Waals surface area contributed by atoms with Gasteiger partial charge in [-0.25, -0.2) is 0 Å². The summed E-state index contributed by atoms with van der Waals surface area (Å²) < 4.78 is 11.7. The maximum atomic E-state index is 6.25. The maximum absolute atomic E-state index is 6.25. The Kier molecular flexibility index (Phi) is 7.93. The Labute approximate surface area is 154 Å². The van der Waals surface area contributed by atoms with Crippen molar-refractivity contribution in [1.29, 1.82) is 0 Å². The van der Waals surface area contributed by atoms with Gasteiger partial charge in [-0.2, -0.15) is 0 Å². The number of hydrogen-bond acceptors (Lipinski definition) is 3. The summed E-state index contributed by atoms with van der Waals surface area (Å²) in [4.78, 5) is 2.53. The molecule has 1 aliphatic heterocycles. The van der Waals surface area contributed by atoms with E-state index in [1.54, 1.807) is 0 Å². The van der Waals surface area contributed by atoms with Crippen molar-refractivity contribution in [2.45, 2.75) is 44.4 Å². The Balaban J connectivity index is 0.00000192. The van der Waals surface area contributed by atoms with E-state index < -0.39 is 0 Å². The monoisotopic (exact) mass is 379 g/mol. The number of nitrogens with zero attached hydrogens (tertiary/aromatic N) is 1. The minimum Gasteiger partial charge on any atom is -0.379 e. The van der Waals surface area contributed by atoms with Crippen molar-refractivity contribution in [3.8, 4) is 0 Å². The summed E-state index contributed by atoms with van der Waals surface area (Å²) in [6.07, 6.45) is 5.11. The highest BCUT2D eigenvalue weighted by molar-refractivity contribution is 6.35. The summed E-state index contributed by atoms with van der Waals surface area (Å²) in [6.45, 7) is 4.18. The molecule has 3 rings (SSSR count). The average Bonchev–Trinajstić information content (AvgIpc) is 2.56. The smallest absolute Gasteiger partial charge is 0.0750 e. The van der Waals surface area contributed by atoms with Gasteiger partial charge in [0.2, 0.25) is 0 Å². The number of benzene rings is 1. The highest BCUT2D eigenvalue weighted by Gasteiger charge is 2.31. The highest BCUT2D eigenvalue weighted by atomic mass is 35.5. The van der Waals surface area contributed by atoms with Gasteiger partial charge in [0, 0.05) is 34.7 Å². The molecule has 0 radical (unpaired) electrons. The molecule has 6 heteroatoms. The van der Waals surface area contributed by atoms with Crippen LogP contribution in [-0.4, -0.2) is 43.3 Å². The first-order valence-corrected chi connectivity index (χ1v) is 8.87. The normalized spacial score (nSPS) is 25.8. The largest absolute Gasteiger partial charge is 0.379 e. The molecular weight excluding hydrogens is 357 g/mol. The van der Waals surface area contributed by atoms with Gasteiger partial charge in [-0.05, 0) is 25.0 Å². The molecule has 1 saturated heterocycles. The third-order valence-corrected chi connectivity index (χ3v) is 5.39. The molecule has 1 heterocycles. The minimum atomic E-state index is 0. The third kappa shape index (κ3) is 4.97. The lowest BCUT2D eigenvalue weighted by Crippen LogP contribution is -2.51. The van der Waals surface area contributed by atoms with Gasteiger partial charge in [0.1, 0.15) is 0 Å². The molecule has 130 valence electrons. The van der Waals surface area contributed by atoms with E-state index >= 15 is 0 Å². The van der Waals surface area contributed by atoms with Gasteiger partial charge in [0.05, 0.1) is 25.9 Å². The van der Waals surface area contributed by atoms with Crippen LogP contribution in [0.4, 0.5) is 0 Å². The van der Waals surface area contributed by atoms with Crippen molar-refractivity contribution in [3.05, 3.63) is 33.8 Å². The van der Waals surface area contributed by atoms with Crippen LogP contribution in [0.5, 0.6) is 0 Å². The molecule has 3 nitrogen and oxygen atoms in total. The Hall–Kier alpha value is -0.0300. The zero-order valence-electron chi connectivity index (χ0n) is 13.2. The van der Waals surface area contributed by atoms with Crippen LogP contribution in [-0.2, 0) is 16.1 Å². The zero-order chi connectivity index (χ0) is 15.4. The molecule has 0 amide bonds. The van der Waals surface area contributed by atoms with Crippen LogP contribution in [0, 0.1) is 0 Å². The van der Waals surface area contributed by atoms with Crippen LogP contribution in [0.15, 0.2) is 18.2 Å². The van der Waals surface area contributed by atoms with Crippen molar-refractivity contribution in [2.75, 3.05) is 26.3 Å². The Bertz CT molecular complexity index is 474. The van der Waals surface area contributed by atoms with Crippen molar-refractivity contribution >= 4 is 35.6 Å². The summed E-state index contributed by atoms with van der Waals surface area (Å²) >= 11 is 12.5. The van der Waals surface area contributed by atoms with E-state index in [1.165, 1.54) is 19.3 Å². The molecule has 23 heavy (non-hydrogen) atoms. The van der Waals surface area contributed by atoms with Crippen molar-refractivity contribution in [3.63, 3.8) is 0 Å². The van der Waals surface area contributed by atoms with Gasteiger partial charge in [-0.3, -0.25) is 4.90 Å². The second-order valence-electron chi connectivity index (χ2n) is 6.05. The Morgan fingerprint density at radius 3 is 2.43 bits per heavy atom. The van der Waals surface area contributed by atoms with Crippen LogP contribution in [0.2, 0.25) is 10.0 Å². The molecule has 1 aromatic rings. The first kappa shape index (κ1) is 19.3. The molecule has 1 aliphatic carbocycles. The van der Waals surface area contributed by atoms with Crippen LogP contribution < -0.4 is 0 Å². The van der Waals surface area contributed by atoms with Crippen molar-refractivity contribution in [1.82, 2.24) is 4.90 Å². The maximum Gasteiger partial charge on any atom is 0.0750 e. The first-order chi connectivity index (χ1) is 10.8. The summed E-state index contributed by atoms with van der Waals surface area (Å²) in [5.41, 5.74) is 0.900. The van der Waals surface area contributed by atoms with Gasteiger partial charge >= 0.3 is 0 Å². The van der Waals surface area contributed by atoms with Crippen LogP contribution in [0.1, 0.15) is 31.2 Å². The van der Waals surface area contributed by atoms with Crippen molar-refractivity contribution in [2.24, 2.45) is 0 Å². The second-order valence-corrected chi connectivity index (χ2v) is 6.86. The molecule has 2 aliphatic rings. The second kappa shape index (κ2) is 9.45. The summed E-state index contributed by atoms with van der Waals surface area (Å²) in [6, 6.07) is 6.10. The third-order valence-electron chi connectivity index (χ3n) is 4.69. The molecule has 0 N–H and O–H groups in total. The van der Waals surface area contributed by atoms with Gasteiger partial charge in [-0.1, -0.05) is 42.1 Å². The molecular formula is C17H24Cl3NO2. The van der Waals surface area contributed by atoms with E-state index in [0.29, 0.717) is 22.7 Å². The first-order valence-electron chi connectivity index (χ1n) is 8.12. The molecule has 0 bridgehead atoms. The molecule has 1 saturated carbocycles. The van der Waals surface area contributed by atoms with Gasteiger partial charge in [0.15, 0.2) is 0 Å². The lowest BCUT2D eigenvalue weighted by Gasteiger charge is -2.41. The lowest BCUT2D eigenvalue weighted by molar-refractivity contribution is -0.0709. The highest BCUT2D eigenvalue weighted by Crippen LogP contribution is 2.30. The predicted octanol–water partition coefficient (Wildman–Crippen LogP) is 4.58. The van der Waals surface area contributed by atoms with E-state index in [0.717, 1.165) is 38.3 Å². The Morgan fingerprint density at radius 2 is 1.74 bits per heavy atom. The van der Waals surface area contributed by atoms with Gasteiger partial charge in [-0.15, -0.1) is 12.4 Å². The molecule has 0 aromatic heterocycles. The predicted molar refractivity (Wildman–Crippen MR) is 96.9 cm³/mol. The average molecular weight is 381 g/mol. The standard InChI is InChI=1S/C17H23Cl2NO2.ClH/c18-14-4-3-5-15(19)13(14)12-22-17-7-2-1-6-16(17)20-8-10-21-11-9-20;/h3-5,16-17H,1-2,6-12H2;1H/t16-,17?;/m1./s1. The number of ether oxygens (including phenoxy) is 2. The quantitative estimate of drug-likeness (QED) is 0.763. The molecule has 1 aromatic carbocycles. The number of rotatable bonds is 4. The van der Waals surface area contributed by atoms with Crippen LogP contribution in [0.25, 0.3) is 0 Å². The topological polar surface area (TPSA) is 21.7 Å². The summed E-state index contributed by atoms with van der Waals surface area (Å²) in [7, 11) is 0. The fourth-order valence-corrected chi connectivity index (χ4v) is 3.97. The van der Waals surface area contributed by atoms with E-state index in [4.69, 9.17) is 32.7 Å². The lowest BCUT2D eigenvalue weighted by atomic mass is 9.91.